The van der Waals surface area contributed by atoms with Gasteiger partial charge in [-0.3, -0.25) is 9.79 Å². The van der Waals surface area contributed by atoms with Crippen molar-refractivity contribution in [1.29, 1.82) is 0 Å². The summed E-state index contributed by atoms with van der Waals surface area (Å²) in [7, 11) is 0. The van der Waals surface area contributed by atoms with Crippen LogP contribution in [0.4, 0.5) is 0 Å². The SMILES string of the molecule is O=C1C(NCCc2c[nH]c3ccccc23)=CC2=NCCn3cnc1c32. The first kappa shape index (κ1) is 14.2. The van der Waals surface area contributed by atoms with E-state index >= 15 is 0 Å². The predicted molar refractivity (Wildman–Crippen MR) is 96.0 cm³/mol. The number of H-pyrrole nitrogens is 1. The molecule has 2 aromatic heterocycles. The van der Waals surface area contributed by atoms with Crippen molar-refractivity contribution in [1.82, 2.24) is 19.9 Å². The fourth-order valence-corrected chi connectivity index (χ4v) is 3.58. The van der Waals surface area contributed by atoms with Gasteiger partial charge < -0.3 is 14.9 Å². The number of aromatic nitrogens is 3. The van der Waals surface area contributed by atoms with E-state index in [1.54, 1.807) is 6.33 Å². The standard InChI is InChI=1S/C19H17N5O/c25-19-16(9-15-18-17(19)23-11-24(18)8-7-21-15)20-6-5-12-10-22-14-4-2-1-3-13(12)14/h1-4,9-11,20,22H,5-8H2. The second-order valence-corrected chi connectivity index (χ2v) is 6.33. The van der Waals surface area contributed by atoms with Crippen LogP contribution < -0.4 is 5.32 Å². The van der Waals surface area contributed by atoms with Crippen molar-refractivity contribution in [3.05, 3.63) is 65.5 Å². The molecule has 0 spiro atoms. The molecule has 0 saturated heterocycles. The number of imidazole rings is 1. The van der Waals surface area contributed by atoms with E-state index in [-0.39, 0.29) is 5.78 Å². The molecule has 6 heteroatoms. The molecule has 0 radical (unpaired) electrons. The highest BCUT2D eigenvalue weighted by Gasteiger charge is 2.30. The van der Waals surface area contributed by atoms with Crippen LogP contribution in [0.3, 0.4) is 0 Å². The minimum Gasteiger partial charge on any atom is -0.381 e. The number of fused-ring (bicyclic) bond motifs is 1. The molecule has 3 heterocycles. The predicted octanol–water partition coefficient (Wildman–Crippen LogP) is 2.08. The number of ketones is 1. The van der Waals surface area contributed by atoms with E-state index in [1.165, 1.54) is 10.9 Å². The zero-order valence-corrected chi connectivity index (χ0v) is 13.6. The van der Waals surface area contributed by atoms with Crippen molar-refractivity contribution in [2.24, 2.45) is 4.99 Å². The number of carbonyl (C=O) groups is 1. The van der Waals surface area contributed by atoms with Crippen molar-refractivity contribution in [2.75, 3.05) is 13.1 Å². The molecule has 6 nitrogen and oxygen atoms in total. The van der Waals surface area contributed by atoms with Crippen LogP contribution in [0, 0.1) is 0 Å². The van der Waals surface area contributed by atoms with E-state index in [4.69, 9.17) is 0 Å². The average molecular weight is 331 g/mol. The molecule has 0 atom stereocenters. The zero-order valence-electron chi connectivity index (χ0n) is 13.6. The van der Waals surface area contributed by atoms with Gasteiger partial charge in [-0.1, -0.05) is 18.2 Å². The molecule has 0 amide bonds. The van der Waals surface area contributed by atoms with Crippen LogP contribution in [0.1, 0.15) is 21.7 Å². The molecule has 1 aliphatic heterocycles. The van der Waals surface area contributed by atoms with E-state index in [9.17, 15) is 4.79 Å². The van der Waals surface area contributed by atoms with E-state index in [0.717, 1.165) is 36.4 Å². The number of nitrogens with one attached hydrogen (secondary N) is 2. The molecular formula is C19H17N5O. The molecule has 0 bridgehead atoms. The lowest BCUT2D eigenvalue weighted by Crippen LogP contribution is -2.31. The third kappa shape index (κ3) is 2.21. The lowest BCUT2D eigenvalue weighted by molar-refractivity contribution is 0.102. The molecule has 2 aliphatic rings. The van der Waals surface area contributed by atoms with Crippen molar-refractivity contribution in [3.8, 4) is 0 Å². The first-order chi connectivity index (χ1) is 12.3. The fourth-order valence-electron chi connectivity index (χ4n) is 3.58. The summed E-state index contributed by atoms with van der Waals surface area (Å²) in [6.07, 6.45) is 6.47. The maximum Gasteiger partial charge on any atom is 0.229 e. The Balaban J connectivity index is 1.35. The Labute approximate surface area is 144 Å². The molecule has 2 N–H and O–H groups in total. The highest BCUT2D eigenvalue weighted by atomic mass is 16.1. The van der Waals surface area contributed by atoms with Crippen LogP contribution in [-0.2, 0) is 13.0 Å². The number of benzene rings is 1. The van der Waals surface area contributed by atoms with Crippen molar-refractivity contribution < 1.29 is 4.79 Å². The maximum absolute atomic E-state index is 12.7. The number of para-hydroxylation sites is 1. The highest BCUT2D eigenvalue weighted by Crippen LogP contribution is 2.22. The van der Waals surface area contributed by atoms with Crippen LogP contribution in [0.2, 0.25) is 0 Å². The summed E-state index contributed by atoms with van der Waals surface area (Å²) in [4.78, 5) is 24.8. The van der Waals surface area contributed by atoms with Crippen LogP contribution in [0.25, 0.3) is 10.9 Å². The molecule has 1 aliphatic carbocycles. The molecule has 0 unspecified atom stereocenters. The van der Waals surface area contributed by atoms with Gasteiger partial charge >= 0.3 is 0 Å². The number of Topliss-reactive ketones (excluding diaryl/α,β-unsaturated/α-hetero) is 1. The lowest BCUT2D eigenvalue weighted by atomic mass is 10.0. The largest absolute Gasteiger partial charge is 0.381 e. The Hall–Kier alpha value is -3.15. The molecule has 1 aromatic carbocycles. The summed E-state index contributed by atoms with van der Waals surface area (Å²) in [6.45, 7) is 2.20. The number of hydrogen-bond donors (Lipinski definition) is 2. The second kappa shape index (κ2) is 5.44. The smallest absolute Gasteiger partial charge is 0.229 e. The van der Waals surface area contributed by atoms with Crippen molar-refractivity contribution >= 4 is 22.4 Å². The molecule has 3 aromatic rings. The van der Waals surface area contributed by atoms with Gasteiger partial charge in [-0.2, -0.15) is 0 Å². The summed E-state index contributed by atoms with van der Waals surface area (Å²) in [5.41, 5.74) is 5.18. The summed E-state index contributed by atoms with van der Waals surface area (Å²) in [5, 5.41) is 4.51. The van der Waals surface area contributed by atoms with Gasteiger partial charge in [0.25, 0.3) is 0 Å². The Bertz CT molecular complexity index is 1050. The van der Waals surface area contributed by atoms with Gasteiger partial charge in [0.1, 0.15) is 5.69 Å². The number of carbonyl (C=O) groups excluding carboxylic acids is 1. The molecule has 0 saturated carbocycles. The van der Waals surface area contributed by atoms with Crippen LogP contribution in [0.15, 0.2) is 53.6 Å². The summed E-state index contributed by atoms with van der Waals surface area (Å²) < 4.78 is 2.01. The van der Waals surface area contributed by atoms with Gasteiger partial charge in [0, 0.05) is 30.2 Å². The van der Waals surface area contributed by atoms with Crippen LogP contribution in [0.5, 0.6) is 0 Å². The maximum atomic E-state index is 12.7. The minimum atomic E-state index is -0.0477. The van der Waals surface area contributed by atoms with Gasteiger partial charge in [-0.15, -0.1) is 0 Å². The first-order valence-electron chi connectivity index (χ1n) is 8.46. The summed E-state index contributed by atoms with van der Waals surface area (Å²) >= 11 is 0. The van der Waals surface area contributed by atoms with Crippen molar-refractivity contribution in [3.63, 3.8) is 0 Å². The third-order valence-corrected chi connectivity index (χ3v) is 4.83. The van der Waals surface area contributed by atoms with E-state index in [0.29, 0.717) is 17.9 Å². The van der Waals surface area contributed by atoms with Gasteiger partial charge in [0.15, 0.2) is 0 Å². The summed E-state index contributed by atoms with van der Waals surface area (Å²) in [5.74, 6) is -0.0477. The van der Waals surface area contributed by atoms with Gasteiger partial charge in [0.05, 0.1) is 30.0 Å². The second-order valence-electron chi connectivity index (χ2n) is 6.33. The average Bonchev–Trinajstić information content (AvgIpc) is 3.25. The Morgan fingerprint density at radius 2 is 2.20 bits per heavy atom. The first-order valence-corrected chi connectivity index (χ1v) is 8.46. The quantitative estimate of drug-likeness (QED) is 0.768. The Kier molecular flexibility index (Phi) is 3.09. The van der Waals surface area contributed by atoms with Crippen LogP contribution >= 0.6 is 0 Å². The van der Waals surface area contributed by atoms with E-state index in [2.05, 4.69) is 32.4 Å². The Morgan fingerprint density at radius 3 is 3.16 bits per heavy atom. The van der Waals surface area contributed by atoms with Gasteiger partial charge in [-0.05, 0) is 24.1 Å². The minimum absolute atomic E-state index is 0.0477. The number of nitrogens with zero attached hydrogens (tertiary/aromatic N) is 3. The number of allylic oxidation sites excluding steroid dienone is 2. The fraction of sp³-hybridized carbons (Fsp3) is 0.211. The highest BCUT2D eigenvalue weighted by molar-refractivity contribution is 6.24. The lowest BCUT2D eigenvalue weighted by Gasteiger charge is -2.20. The molecular weight excluding hydrogens is 314 g/mol. The normalized spacial score (nSPS) is 15.8. The van der Waals surface area contributed by atoms with E-state index in [1.807, 2.05) is 29.0 Å². The molecule has 5 rings (SSSR count). The third-order valence-electron chi connectivity index (χ3n) is 4.83. The van der Waals surface area contributed by atoms with Crippen LogP contribution in [-0.4, -0.2) is 39.1 Å². The topological polar surface area (TPSA) is 75.1 Å². The monoisotopic (exact) mass is 331 g/mol. The zero-order chi connectivity index (χ0) is 16.8. The van der Waals surface area contributed by atoms with E-state index < -0.39 is 0 Å². The Morgan fingerprint density at radius 1 is 1.28 bits per heavy atom. The number of aliphatic imine (C=N–C) groups is 1. The van der Waals surface area contributed by atoms with Crippen molar-refractivity contribution in [2.45, 2.75) is 13.0 Å². The van der Waals surface area contributed by atoms with Gasteiger partial charge in [0.2, 0.25) is 5.78 Å². The number of aromatic amines is 1. The summed E-state index contributed by atoms with van der Waals surface area (Å²) in [6, 6.07) is 8.24. The van der Waals surface area contributed by atoms with Gasteiger partial charge in [-0.25, -0.2) is 4.98 Å². The molecule has 0 fully saturated rings. The number of hydrogen-bond acceptors (Lipinski definition) is 4. The number of rotatable bonds is 4. The molecule has 25 heavy (non-hydrogen) atoms. The molecule has 124 valence electrons.